The fourth-order valence-corrected chi connectivity index (χ4v) is 0.984. The quantitative estimate of drug-likeness (QED) is 0.524. The van der Waals surface area contributed by atoms with Crippen molar-refractivity contribution in [3.63, 3.8) is 0 Å². The molecule has 1 heterocycles. The molecule has 0 saturated heterocycles. The summed E-state index contributed by atoms with van der Waals surface area (Å²) in [6.07, 6.45) is 0. The maximum Gasteiger partial charge on any atom is 0.292 e. The van der Waals surface area contributed by atoms with Crippen LogP contribution in [0.4, 0.5) is 0 Å². The second-order valence-electron chi connectivity index (χ2n) is 2.26. The lowest BCUT2D eigenvalue weighted by Crippen LogP contribution is -1.67. The Labute approximate surface area is 62.1 Å². The van der Waals surface area contributed by atoms with E-state index >= 15 is 0 Å². The van der Waals surface area contributed by atoms with Crippen LogP contribution in [0.1, 0.15) is 0 Å². The van der Waals surface area contributed by atoms with Crippen LogP contribution in [0.15, 0.2) is 18.2 Å². The first-order valence-corrected chi connectivity index (χ1v) is 3.13. The smallest absolute Gasteiger partial charge is 0.292 e. The number of nitrogens with zero attached hydrogens (tertiary/aromatic N) is 1. The monoisotopic (exact) mass is 150 g/mol. The molecular formula is C7H6N2O2. The van der Waals surface area contributed by atoms with E-state index in [1.54, 1.807) is 6.07 Å². The number of H-pyrrole nitrogens is 1. The first kappa shape index (κ1) is 6.03. The van der Waals surface area contributed by atoms with Crippen molar-refractivity contribution in [2.24, 2.45) is 0 Å². The molecule has 0 aliphatic heterocycles. The Bertz CT molecular complexity index is 394. The minimum absolute atomic E-state index is 0.134. The van der Waals surface area contributed by atoms with Crippen molar-refractivity contribution in [1.82, 2.24) is 9.97 Å². The summed E-state index contributed by atoms with van der Waals surface area (Å²) in [6.45, 7) is 0. The number of benzene rings is 1. The van der Waals surface area contributed by atoms with Gasteiger partial charge >= 0.3 is 0 Å². The summed E-state index contributed by atoms with van der Waals surface area (Å²) in [5.74, 6) is 0.154. The van der Waals surface area contributed by atoms with Gasteiger partial charge in [-0.2, -0.15) is 4.98 Å². The lowest BCUT2D eigenvalue weighted by atomic mass is 10.3. The fraction of sp³-hybridized carbons (Fsp3) is 0. The van der Waals surface area contributed by atoms with E-state index in [4.69, 9.17) is 10.2 Å². The zero-order valence-electron chi connectivity index (χ0n) is 5.57. The highest BCUT2D eigenvalue weighted by molar-refractivity contribution is 5.77. The molecule has 4 heteroatoms. The first-order valence-electron chi connectivity index (χ1n) is 3.13. The van der Waals surface area contributed by atoms with Crippen LogP contribution in [-0.4, -0.2) is 20.2 Å². The maximum absolute atomic E-state index is 9.01. The van der Waals surface area contributed by atoms with Gasteiger partial charge in [-0.05, 0) is 12.1 Å². The highest BCUT2D eigenvalue weighted by Gasteiger charge is 1.99. The standard InChI is InChI=1S/C7H6N2O2/c10-4-1-2-5-6(3-4)9-7(11)8-5/h1-3,10H,(H2,8,9,11). The Balaban J connectivity index is 2.82. The summed E-state index contributed by atoms with van der Waals surface area (Å²) in [5, 5.41) is 17.9. The van der Waals surface area contributed by atoms with Gasteiger partial charge in [-0.1, -0.05) is 0 Å². The second kappa shape index (κ2) is 1.88. The molecule has 0 aliphatic carbocycles. The molecule has 4 nitrogen and oxygen atoms in total. The van der Waals surface area contributed by atoms with Crippen LogP contribution >= 0.6 is 0 Å². The third kappa shape index (κ3) is 0.881. The average molecular weight is 150 g/mol. The Morgan fingerprint density at radius 3 is 2.91 bits per heavy atom. The number of aromatic hydroxyl groups is 2. The van der Waals surface area contributed by atoms with Gasteiger partial charge in [0.05, 0.1) is 11.0 Å². The van der Waals surface area contributed by atoms with E-state index in [1.807, 2.05) is 0 Å². The molecule has 2 aromatic rings. The number of aromatic amines is 1. The SMILES string of the molecule is Oc1ccc2nc(O)[nH]c2c1. The van der Waals surface area contributed by atoms with Crippen molar-refractivity contribution in [3.05, 3.63) is 18.2 Å². The van der Waals surface area contributed by atoms with Crippen molar-refractivity contribution in [1.29, 1.82) is 0 Å². The van der Waals surface area contributed by atoms with E-state index in [0.29, 0.717) is 11.0 Å². The molecule has 1 aromatic carbocycles. The summed E-state index contributed by atoms with van der Waals surface area (Å²) in [6, 6.07) is 4.51. The van der Waals surface area contributed by atoms with Crippen LogP contribution in [0.3, 0.4) is 0 Å². The summed E-state index contributed by atoms with van der Waals surface area (Å²) in [4.78, 5) is 6.33. The van der Waals surface area contributed by atoms with Gasteiger partial charge in [0.2, 0.25) is 0 Å². The number of nitrogens with one attached hydrogen (secondary N) is 1. The third-order valence-electron chi connectivity index (χ3n) is 1.45. The number of hydrogen-bond acceptors (Lipinski definition) is 3. The molecule has 0 atom stereocenters. The van der Waals surface area contributed by atoms with Crippen molar-refractivity contribution in [2.45, 2.75) is 0 Å². The molecule has 0 saturated carbocycles. The summed E-state index contributed by atoms with van der Waals surface area (Å²) < 4.78 is 0. The Morgan fingerprint density at radius 2 is 2.09 bits per heavy atom. The van der Waals surface area contributed by atoms with E-state index in [9.17, 15) is 0 Å². The minimum atomic E-state index is -0.134. The van der Waals surface area contributed by atoms with Crippen LogP contribution in [0.25, 0.3) is 11.0 Å². The third-order valence-corrected chi connectivity index (χ3v) is 1.45. The predicted octanol–water partition coefficient (Wildman–Crippen LogP) is 0.974. The maximum atomic E-state index is 9.01. The number of rotatable bonds is 0. The van der Waals surface area contributed by atoms with Gasteiger partial charge < -0.3 is 15.2 Å². The molecule has 0 bridgehead atoms. The lowest BCUT2D eigenvalue weighted by molar-refractivity contribution is 0.438. The molecule has 0 fully saturated rings. The van der Waals surface area contributed by atoms with Gasteiger partial charge in [-0.15, -0.1) is 0 Å². The minimum Gasteiger partial charge on any atom is -0.508 e. The van der Waals surface area contributed by atoms with Crippen LogP contribution in [0, 0.1) is 0 Å². The molecule has 56 valence electrons. The van der Waals surface area contributed by atoms with Crippen LogP contribution in [0.2, 0.25) is 0 Å². The predicted molar refractivity (Wildman–Crippen MR) is 39.4 cm³/mol. The number of phenolic OH excluding ortho intramolecular Hbond substituents is 1. The van der Waals surface area contributed by atoms with Gasteiger partial charge in [0.1, 0.15) is 5.75 Å². The summed E-state index contributed by atoms with van der Waals surface area (Å²) in [5.41, 5.74) is 1.27. The molecule has 0 unspecified atom stereocenters. The highest BCUT2D eigenvalue weighted by atomic mass is 16.3. The summed E-state index contributed by atoms with van der Waals surface area (Å²) in [7, 11) is 0. The van der Waals surface area contributed by atoms with E-state index < -0.39 is 0 Å². The number of fused-ring (bicyclic) bond motifs is 1. The van der Waals surface area contributed by atoms with Crippen molar-refractivity contribution >= 4 is 11.0 Å². The van der Waals surface area contributed by atoms with Crippen LogP contribution < -0.4 is 0 Å². The summed E-state index contributed by atoms with van der Waals surface area (Å²) >= 11 is 0. The topological polar surface area (TPSA) is 69.1 Å². The zero-order valence-corrected chi connectivity index (χ0v) is 5.57. The lowest BCUT2D eigenvalue weighted by Gasteiger charge is -1.88. The average Bonchev–Trinajstić information content (AvgIpc) is 2.27. The molecule has 0 aliphatic rings. The molecule has 1 aromatic heterocycles. The Hall–Kier alpha value is -1.71. The molecule has 0 radical (unpaired) electrons. The normalized spacial score (nSPS) is 10.5. The van der Waals surface area contributed by atoms with E-state index in [2.05, 4.69) is 9.97 Å². The van der Waals surface area contributed by atoms with Crippen LogP contribution in [-0.2, 0) is 0 Å². The van der Waals surface area contributed by atoms with E-state index in [-0.39, 0.29) is 11.8 Å². The van der Waals surface area contributed by atoms with E-state index in [1.165, 1.54) is 12.1 Å². The highest BCUT2D eigenvalue weighted by Crippen LogP contribution is 2.19. The second-order valence-corrected chi connectivity index (χ2v) is 2.26. The number of phenols is 1. The Kier molecular flexibility index (Phi) is 1.03. The van der Waals surface area contributed by atoms with Gasteiger partial charge in [-0.3, -0.25) is 0 Å². The van der Waals surface area contributed by atoms with E-state index in [0.717, 1.165) is 0 Å². The van der Waals surface area contributed by atoms with Crippen LogP contribution in [0.5, 0.6) is 11.8 Å². The fourth-order valence-electron chi connectivity index (χ4n) is 0.984. The molecule has 0 spiro atoms. The number of aromatic nitrogens is 2. The first-order chi connectivity index (χ1) is 5.25. The van der Waals surface area contributed by atoms with Crippen molar-refractivity contribution in [3.8, 4) is 11.8 Å². The molecule has 11 heavy (non-hydrogen) atoms. The van der Waals surface area contributed by atoms with Crippen molar-refractivity contribution < 1.29 is 10.2 Å². The number of imidazole rings is 1. The Morgan fingerprint density at radius 1 is 1.27 bits per heavy atom. The van der Waals surface area contributed by atoms with Gasteiger partial charge in [0.25, 0.3) is 6.01 Å². The molecule has 0 amide bonds. The van der Waals surface area contributed by atoms with Gasteiger partial charge in [-0.25, -0.2) is 0 Å². The van der Waals surface area contributed by atoms with Gasteiger partial charge in [0.15, 0.2) is 0 Å². The molecule has 3 N–H and O–H groups in total. The molecular weight excluding hydrogens is 144 g/mol. The zero-order chi connectivity index (χ0) is 7.84. The largest absolute Gasteiger partial charge is 0.508 e. The molecule has 2 rings (SSSR count). The number of hydrogen-bond donors (Lipinski definition) is 3. The van der Waals surface area contributed by atoms with Gasteiger partial charge in [0, 0.05) is 6.07 Å². The van der Waals surface area contributed by atoms with Crippen molar-refractivity contribution in [2.75, 3.05) is 0 Å².